The summed E-state index contributed by atoms with van der Waals surface area (Å²) in [5.41, 5.74) is 6.73. The van der Waals surface area contributed by atoms with E-state index in [1.807, 2.05) is 57.2 Å². The summed E-state index contributed by atoms with van der Waals surface area (Å²) < 4.78 is 25.2. The van der Waals surface area contributed by atoms with Crippen molar-refractivity contribution in [1.29, 1.82) is 0 Å². The van der Waals surface area contributed by atoms with Crippen molar-refractivity contribution in [2.75, 3.05) is 5.32 Å². The second kappa shape index (κ2) is 9.99. The van der Waals surface area contributed by atoms with Gasteiger partial charge in [-0.05, 0) is 86.6 Å². The zero-order chi connectivity index (χ0) is 24.3. The minimum atomic E-state index is -0.428. The minimum Gasteiger partial charge on any atom is -0.489 e. The van der Waals surface area contributed by atoms with Gasteiger partial charge >= 0.3 is 0 Å². The van der Waals surface area contributed by atoms with E-state index in [-0.39, 0.29) is 5.82 Å². The number of anilines is 1. The van der Waals surface area contributed by atoms with Crippen molar-refractivity contribution in [3.63, 3.8) is 0 Å². The highest BCUT2D eigenvalue weighted by Crippen LogP contribution is 2.35. The number of nitrogens with one attached hydrogen (secondary N) is 2. The highest BCUT2D eigenvalue weighted by atomic mass is 35.5. The molecule has 34 heavy (non-hydrogen) atoms. The monoisotopic (exact) mass is 497 g/mol. The Balaban J connectivity index is 1.51. The Kier molecular flexibility index (Phi) is 7.05. The summed E-state index contributed by atoms with van der Waals surface area (Å²) in [5, 5.41) is 8.74. The number of halogens is 2. The van der Waals surface area contributed by atoms with E-state index in [2.05, 4.69) is 15.8 Å². The number of hydrogen-bond acceptors (Lipinski definition) is 4. The van der Waals surface area contributed by atoms with E-state index in [4.69, 9.17) is 33.3 Å². The van der Waals surface area contributed by atoms with Gasteiger partial charge in [0.15, 0.2) is 5.11 Å². The summed E-state index contributed by atoms with van der Waals surface area (Å²) in [6.07, 6.45) is 0.577. The molecule has 2 N–H and O–H groups in total. The first-order valence-electron chi connectivity index (χ1n) is 10.8. The lowest BCUT2D eigenvalue weighted by Crippen LogP contribution is -2.37. The van der Waals surface area contributed by atoms with Gasteiger partial charge in [-0.25, -0.2) is 4.39 Å². The van der Waals surface area contributed by atoms with E-state index < -0.39 is 5.60 Å². The van der Waals surface area contributed by atoms with Gasteiger partial charge in [0.25, 0.3) is 0 Å². The molecule has 0 bridgehead atoms. The number of hydrazone groups is 1. The van der Waals surface area contributed by atoms with E-state index >= 15 is 0 Å². The van der Waals surface area contributed by atoms with Crippen molar-refractivity contribution in [3.8, 4) is 11.5 Å². The van der Waals surface area contributed by atoms with Crippen LogP contribution in [-0.2, 0) is 6.61 Å². The van der Waals surface area contributed by atoms with Crippen molar-refractivity contribution < 1.29 is 13.9 Å². The average molecular weight is 498 g/mol. The van der Waals surface area contributed by atoms with Crippen LogP contribution in [0.4, 0.5) is 10.1 Å². The fourth-order valence-corrected chi connectivity index (χ4v) is 3.93. The molecule has 0 amide bonds. The van der Waals surface area contributed by atoms with Crippen molar-refractivity contribution in [2.24, 2.45) is 5.10 Å². The number of ether oxygens (including phenoxy) is 2. The quantitative estimate of drug-likeness (QED) is 0.306. The highest BCUT2D eigenvalue weighted by molar-refractivity contribution is 7.80. The van der Waals surface area contributed by atoms with E-state index in [0.717, 1.165) is 33.8 Å². The fraction of sp³-hybridized carbons (Fsp3) is 0.231. The van der Waals surface area contributed by atoms with Crippen LogP contribution in [0.5, 0.6) is 11.5 Å². The summed E-state index contributed by atoms with van der Waals surface area (Å²) in [4.78, 5) is 0. The maximum atomic E-state index is 13.1. The van der Waals surface area contributed by atoms with Crippen molar-refractivity contribution in [1.82, 2.24) is 5.43 Å². The molecule has 0 aliphatic carbocycles. The molecule has 3 aromatic rings. The second-order valence-corrected chi connectivity index (χ2v) is 9.46. The molecule has 0 atom stereocenters. The number of fused-ring (bicyclic) bond motifs is 1. The molecular formula is C26H25ClFN3O2S. The molecule has 1 aliphatic rings. The molecule has 0 saturated carbocycles. The first-order valence-corrected chi connectivity index (χ1v) is 11.6. The number of benzene rings is 3. The zero-order valence-corrected chi connectivity index (χ0v) is 20.7. The summed E-state index contributed by atoms with van der Waals surface area (Å²) in [6, 6.07) is 17.4. The Morgan fingerprint density at radius 3 is 2.71 bits per heavy atom. The lowest BCUT2D eigenvalue weighted by atomic mass is 9.92. The summed E-state index contributed by atoms with van der Waals surface area (Å²) in [5.74, 6) is 1.11. The van der Waals surface area contributed by atoms with Crippen LogP contribution in [-0.4, -0.2) is 16.4 Å². The number of nitrogens with zero attached hydrogens (tertiary/aromatic N) is 1. The van der Waals surface area contributed by atoms with Gasteiger partial charge in [0.05, 0.1) is 5.71 Å². The third-order valence-corrected chi connectivity index (χ3v) is 5.97. The van der Waals surface area contributed by atoms with Crippen LogP contribution in [0.3, 0.4) is 0 Å². The third-order valence-electron chi connectivity index (χ3n) is 5.37. The van der Waals surface area contributed by atoms with Gasteiger partial charge in [0.1, 0.15) is 29.5 Å². The molecule has 5 nitrogen and oxygen atoms in total. The van der Waals surface area contributed by atoms with Crippen LogP contribution in [0, 0.1) is 12.7 Å². The van der Waals surface area contributed by atoms with Crippen LogP contribution >= 0.6 is 23.8 Å². The molecule has 0 aromatic heterocycles. The smallest absolute Gasteiger partial charge is 0.191 e. The van der Waals surface area contributed by atoms with Crippen molar-refractivity contribution in [3.05, 3.63) is 88.2 Å². The molecule has 0 unspecified atom stereocenters. The number of rotatable bonds is 5. The third kappa shape index (κ3) is 5.85. The minimum absolute atomic E-state index is 0.274. The Morgan fingerprint density at radius 2 is 1.94 bits per heavy atom. The predicted octanol–water partition coefficient (Wildman–Crippen LogP) is 6.62. The van der Waals surface area contributed by atoms with Gasteiger partial charge < -0.3 is 14.8 Å². The van der Waals surface area contributed by atoms with Gasteiger partial charge in [-0.15, -0.1) is 0 Å². The summed E-state index contributed by atoms with van der Waals surface area (Å²) in [7, 11) is 0. The topological polar surface area (TPSA) is 54.9 Å². The first-order chi connectivity index (χ1) is 16.2. The van der Waals surface area contributed by atoms with Gasteiger partial charge in [-0.1, -0.05) is 29.8 Å². The van der Waals surface area contributed by atoms with Crippen LogP contribution in [0.1, 0.15) is 37.0 Å². The molecule has 3 aromatic carbocycles. The molecule has 4 rings (SSSR count). The van der Waals surface area contributed by atoms with Crippen LogP contribution in [0.25, 0.3) is 0 Å². The number of hydrogen-bond donors (Lipinski definition) is 2. The van der Waals surface area contributed by atoms with Gasteiger partial charge in [0, 0.05) is 22.7 Å². The highest BCUT2D eigenvalue weighted by Gasteiger charge is 2.31. The maximum absolute atomic E-state index is 13.1. The molecule has 8 heteroatoms. The fourth-order valence-electron chi connectivity index (χ4n) is 3.60. The van der Waals surface area contributed by atoms with Crippen LogP contribution in [0.2, 0.25) is 5.02 Å². The summed E-state index contributed by atoms with van der Waals surface area (Å²) >= 11 is 11.6. The molecule has 0 saturated heterocycles. The standard InChI is InChI=1S/C26H25ClFN3O2S/c1-16-21(27)5-4-6-22(16)29-25(34)31-30-23-14-26(2,3)33-24-12-11-19(13-20(23)24)32-15-17-7-9-18(28)10-8-17/h4-13H,14-15H2,1-3H3,(H2,29,31,34). The van der Waals surface area contributed by atoms with Crippen LogP contribution in [0.15, 0.2) is 65.8 Å². The molecule has 0 spiro atoms. The molecule has 0 radical (unpaired) electrons. The number of thiocarbonyl (C=S) groups is 1. The Morgan fingerprint density at radius 1 is 1.18 bits per heavy atom. The molecule has 1 heterocycles. The van der Waals surface area contributed by atoms with E-state index in [1.54, 1.807) is 12.1 Å². The molecular weight excluding hydrogens is 473 g/mol. The van der Waals surface area contributed by atoms with Crippen molar-refractivity contribution >= 4 is 40.3 Å². The van der Waals surface area contributed by atoms with Gasteiger partial charge in [-0.2, -0.15) is 5.10 Å². The van der Waals surface area contributed by atoms with Gasteiger partial charge in [0.2, 0.25) is 0 Å². The summed E-state index contributed by atoms with van der Waals surface area (Å²) in [6.45, 7) is 6.26. The average Bonchev–Trinajstić information content (AvgIpc) is 2.79. The van der Waals surface area contributed by atoms with Crippen LogP contribution < -0.4 is 20.2 Å². The SMILES string of the molecule is Cc1c(Cl)cccc1NC(=S)NN=C1CC(C)(C)Oc2ccc(OCc3ccc(F)cc3)cc21. The normalized spacial score (nSPS) is 15.3. The predicted molar refractivity (Wildman–Crippen MR) is 139 cm³/mol. The Bertz CT molecular complexity index is 1250. The largest absolute Gasteiger partial charge is 0.489 e. The lowest BCUT2D eigenvalue weighted by molar-refractivity contribution is 0.111. The second-order valence-electron chi connectivity index (χ2n) is 8.65. The van der Waals surface area contributed by atoms with E-state index in [1.165, 1.54) is 12.1 Å². The molecule has 1 aliphatic heterocycles. The maximum Gasteiger partial charge on any atom is 0.191 e. The first kappa shape index (κ1) is 24.0. The van der Waals surface area contributed by atoms with E-state index in [9.17, 15) is 4.39 Å². The Labute approximate surface area is 208 Å². The Hall–Kier alpha value is -3.16. The lowest BCUT2D eigenvalue weighted by Gasteiger charge is -2.33. The zero-order valence-electron chi connectivity index (χ0n) is 19.1. The molecule has 176 valence electrons. The molecule has 0 fully saturated rings. The van der Waals surface area contributed by atoms with Gasteiger partial charge in [-0.3, -0.25) is 5.43 Å². The van der Waals surface area contributed by atoms with E-state index in [0.29, 0.717) is 28.9 Å². The van der Waals surface area contributed by atoms with Crippen molar-refractivity contribution in [2.45, 2.75) is 39.4 Å².